The average Bonchev–Trinajstić information content (AvgIpc) is 3.22. The minimum atomic E-state index is -5.35. The number of benzene rings is 6. The van der Waals surface area contributed by atoms with Crippen LogP contribution < -0.4 is 31.1 Å². The molecule has 0 aromatic heterocycles. The zero-order valence-corrected chi connectivity index (χ0v) is 39.2. The second-order valence-corrected chi connectivity index (χ2v) is 19.1. The van der Waals surface area contributed by atoms with Crippen molar-refractivity contribution in [2.45, 2.75) is 33.4 Å². The summed E-state index contributed by atoms with van der Waals surface area (Å²) in [6.45, 7) is 2.37. The molecule has 6 aromatic carbocycles. The predicted octanol–water partition coefficient (Wildman–Crippen LogP) is 2.15. The van der Waals surface area contributed by atoms with Gasteiger partial charge in [0.15, 0.2) is 0 Å². The second kappa shape index (κ2) is 20.6. The van der Waals surface area contributed by atoms with Gasteiger partial charge in [-0.25, -0.2) is 33.7 Å². The molecule has 0 fully saturated rings. The number of carbonyl (C=O) groups excluding carboxylic acids is 2. The Kier molecular flexibility index (Phi) is 16.2. The van der Waals surface area contributed by atoms with E-state index in [1.54, 1.807) is 0 Å². The third-order valence-corrected chi connectivity index (χ3v) is 12.1. The van der Waals surface area contributed by atoms with E-state index >= 15 is 0 Å². The monoisotopic (exact) mass is 1100 g/mol. The molecule has 1 radical (unpaired) electrons. The number of nitro groups is 2. The van der Waals surface area contributed by atoms with E-state index in [9.17, 15) is 102 Å². The summed E-state index contributed by atoms with van der Waals surface area (Å²) in [5.41, 5.74) is -6.80. The molecule has 0 saturated heterocycles. The summed E-state index contributed by atoms with van der Waals surface area (Å²) in [5, 5.41) is 89.8. The normalized spacial score (nSPS) is 12.0. The van der Waals surface area contributed by atoms with Crippen LogP contribution >= 0.6 is 0 Å². The van der Waals surface area contributed by atoms with E-state index in [2.05, 4.69) is 31.1 Å². The van der Waals surface area contributed by atoms with Gasteiger partial charge in [0.2, 0.25) is 11.8 Å². The first kappa shape index (κ1) is 55.7. The van der Waals surface area contributed by atoms with Gasteiger partial charge in [0.25, 0.3) is 11.4 Å². The molecule has 0 aliphatic carbocycles. The van der Waals surface area contributed by atoms with Gasteiger partial charge in [0.05, 0.1) is 52.2 Å². The van der Waals surface area contributed by atoms with Crippen LogP contribution in [0, 0.1) is 20.2 Å². The molecule has 0 spiro atoms. The van der Waals surface area contributed by atoms with Crippen LogP contribution in [0.15, 0.2) is 113 Å². The first-order valence-corrected chi connectivity index (χ1v) is 23.6. The molecule has 0 bridgehead atoms. The number of amides is 2. The summed E-state index contributed by atoms with van der Waals surface area (Å²) in [7, 11) is -21.3. The molecule has 371 valence electrons. The Labute approximate surface area is 407 Å². The van der Waals surface area contributed by atoms with Crippen LogP contribution in [0.1, 0.15) is 13.8 Å². The minimum absolute atomic E-state index is 0. The summed E-state index contributed by atoms with van der Waals surface area (Å²) in [4.78, 5) is 37.3. The number of fused-ring (bicyclic) bond motifs is 2. The Morgan fingerprint density at radius 1 is 0.479 bits per heavy atom. The Bertz CT molecular complexity index is 3550. The molecule has 30 nitrogen and oxygen atoms in total. The first-order valence-electron chi connectivity index (χ1n) is 18.0. The van der Waals surface area contributed by atoms with E-state index in [-0.39, 0.29) is 62.4 Å². The maximum atomic E-state index is 12.9. The van der Waals surface area contributed by atoms with Gasteiger partial charge in [-0.05, 0) is 70.1 Å². The smallest absolute Gasteiger partial charge is 0.871 e. The number of hydrogen-bond donors (Lipinski definition) is 2. The fourth-order valence-electron chi connectivity index (χ4n) is 5.85. The zero-order chi connectivity index (χ0) is 52.6. The third-order valence-electron chi connectivity index (χ3n) is 8.78. The molecule has 35 heteroatoms. The number of rotatable bonds is 12. The Morgan fingerprint density at radius 2 is 0.803 bits per heavy atom. The van der Waals surface area contributed by atoms with Crippen LogP contribution in [0.2, 0.25) is 0 Å². The molecular weight excluding hydrogens is 1080 g/mol. The van der Waals surface area contributed by atoms with E-state index in [4.69, 9.17) is 0 Å². The maximum Gasteiger partial charge on any atom is 3.00 e. The molecule has 0 aliphatic heterocycles. The molecule has 2 amide bonds. The van der Waals surface area contributed by atoms with Crippen LogP contribution in [-0.2, 0) is 67.4 Å². The largest absolute Gasteiger partial charge is 3.00 e. The van der Waals surface area contributed by atoms with Crippen molar-refractivity contribution in [1.82, 2.24) is 0 Å². The number of carbonyl (C=O) groups is 2. The molecule has 6 rings (SSSR count). The summed E-state index contributed by atoms with van der Waals surface area (Å²) < 4.78 is 138. The number of nitro benzene ring substituents is 2. The SMILES string of the molecule is CC(=O)Nc1ccc2cc(S(=O)(=O)[O-])c(N=Nc3cc(S(=O)(=O)[O-])cc([N+](=O)[O-])c3[O-])c([O-])c2c1.CC(=O)Nc1ccc2cc(S(=O)(=O)[O-])c(N=Nc3cc(S(=O)(=O)[O-])cc([N+](=O)[O-])c3[O-])c([O-])c2c1.[Cr+3]. The van der Waals surface area contributed by atoms with Crippen LogP contribution in [0.3, 0.4) is 0 Å². The van der Waals surface area contributed by atoms with Crippen LogP contribution in [0.4, 0.5) is 45.5 Å². The average molecular weight is 1100 g/mol. The van der Waals surface area contributed by atoms with E-state index in [1.165, 1.54) is 38.1 Å². The molecule has 0 saturated carbocycles. The summed E-state index contributed by atoms with van der Waals surface area (Å²) in [6, 6.07) is 10.1. The molecule has 0 unspecified atom stereocenters. The number of anilines is 2. The van der Waals surface area contributed by atoms with Crippen LogP contribution in [0.25, 0.3) is 21.5 Å². The van der Waals surface area contributed by atoms with Gasteiger partial charge in [-0.3, -0.25) is 29.8 Å². The Hall–Kier alpha value is -7.85. The van der Waals surface area contributed by atoms with Gasteiger partial charge in [-0.1, -0.05) is 23.6 Å². The number of hydrogen-bond acceptors (Lipinski definition) is 26. The maximum absolute atomic E-state index is 12.9. The van der Waals surface area contributed by atoms with Gasteiger partial charge in [0.1, 0.15) is 40.5 Å². The van der Waals surface area contributed by atoms with Crippen molar-refractivity contribution in [3.05, 3.63) is 93.0 Å². The molecular formula is C36H20CrN8O22S4-5. The summed E-state index contributed by atoms with van der Waals surface area (Å²) in [5.74, 6) is -6.34. The van der Waals surface area contributed by atoms with Crippen molar-refractivity contribution in [3.8, 4) is 23.0 Å². The Morgan fingerprint density at radius 3 is 1.07 bits per heavy atom. The fraction of sp³-hybridized carbons (Fsp3) is 0.0556. The van der Waals surface area contributed by atoms with Crippen LogP contribution in [0.5, 0.6) is 23.0 Å². The van der Waals surface area contributed by atoms with Crippen molar-refractivity contribution in [2.24, 2.45) is 20.5 Å². The van der Waals surface area contributed by atoms with E-state index in [1.807, 2.05) is 0 Å². The molecule has 0 aliphatic rings. The first-order chi connectivity index (χ1) is 32.2. The quantitative estimate of drug-likeness (QED) is 0.0767. The van der Waals surface area contributed by atoms with Gasteiger partial charge in [-0.15, -0.1) is 10.2 Å². The number of azo groups is 2. The van der Waals surface area contributed by atoms with Crippen molar-refractivity contribution in [1.29, 1.82) is 0 Å². The summed E-state index contributed by atoms with van der Waals surface area (Å²) >= 11 is 0. The predicted molar refractivity (Wildman–Crippen MR) is 221 cm³/mol. The van der Waals surface area contributed by atoms with Crippen molar-refractivity contribution in [2.75, 3.05) is 10.6 Å². The molecule has 71 heavy (non-hydrogen) atoms. The standard InChI is InChI=1S/2C18H14N4O11S2.Cr/c2*1-8(23)19-10-3-2-9-4-15(35(31,32)33)16(17(24)12(9)5-10)21-20-13-6-11(34(28,29)30)7-14(18(13)25)22(26)27;/h2*2-7,24-25H,1H3,(H,19,23)(H,28,29,30)(H,31,32,33);/q;;+3/p-8. The minimum Gasteiger partial charge on any atom is -0.871 e. The van der Waals surface area contributed by atoms with E-state index < -0.39 is 139 Å². The van der Waals surface area contributed by atoms with Gasteiger partial charge < -0.3 is 49.3 Å². The summed E-state index contributed by atoms with van der Waals surface area (Å²) in [6.07, 6.45) is 0. The van der Waals surface area contributed by atoms with E-state index in [0.29, 0.717) is 12.1 Å². The number of nitrogens with one attached hydrogen (secondary N) is 2. The molecule has 6 aromatic rings. The molecule has 2 N–H and O–H groups in total. The third kappa shape index (κ3) is 12.9. The fourth-order valence-corrected chi connectivity index (χ4v) is 8.16. The van der Waals surface area contributed by atoms with Gasteiger partial charge in [-0.2, -0.15) is 10.2 Å². The molecule has 0 atom stereocenters. The van der Waals surface area contributed by atoms with Gasteiger partial charge >= 0.3 is 17.4 Å². The van der Waals surface area contributed by atoms with Gasteiger partial charge in [0, 0.05) is 48.9 Å². The Balaban J connectivity index is 0.000000304. The number of nitrogens with zero attached hydrogens (tertiary/aromatic N) is 6. The van der Waals surface area contributed by atoms with Crippen LogP contribution in [-0.4, -0.2) is 73.5 Å². The second-order valence-electron chi connectivity index (χ2n) is 13.7. The van der Waals surface area contributed by atoms with E-state index in [0.717, 1.165) is 24.3 Å². The topological polar surface area (TPSA) is 515 Å². The van der Waals surface area contributed by atoms with Crippen molar-refractivity contribution < 1.29 is 109 Å². The van der Waals surface area contributed by atoms with Crippen molar-refractivity contribution >= 4 is 119 Å². The molecule has 0 heterocycles. The van der Waals surface area contributed by atoms with Crippen molar-refractivity contribution in [3.63, 3.8) is 0 Å². The zero-order valence-electron chi connectivity index (χ0n) is 34.6.